The zero-order valence-corrected chi connectivity index (χ0v) is 17.5. The van der Waals surface area contributed by atoms with Crippen molar-refractivity contribution in [3.05, 3.63) is 35.4 Å². The Hall–Kier alpha value is -1.31. The Bertz CT molecular complexity index is 602. The van der Waals surface area contributed by atoms with Crippen LogP contribution in [0.5, 0.6) is 0 Å². The van der Waals surface area contributed by atoms with Crippen molar-refractivity contribution in [1.82, 2.24) is 15.5 Å². The average Bonchev–Trinajstić information content (AvgIpc) is 2.61. The van der Waals surface area contributed by atoms with Gasteiger partial charge < -0.3 is 10.6 Å². The van der Waals surface area contributed by atoms with E-state index in [0.717, 1.165) is 5.56 Å². The highest BCUT2D eigenvalue weighted by atomic mass is 35.5. The summed E-state index contributed by atoms with van der Waals surface area (Å²) in [6.07, 6.45) is -4.18. The third-order valence-corrected chi connectivity index (χ3v) is 5.13. The van der Waals surface area contributed by atoms with Gasteiger partial charge in [-0.15, -0.1) is 12.4 Å². The van der Waals surface area contributed by atoms with Gasteiger partial charge in [0.25, 0.3) is 0 Å². The Morgan fingerprint density at radius 2 is 1.64 bits per heavy atom. The molecule has 28 heavy (non-hydrogen) atoms. The van der Waals surface area contributed by atoms with Gasteiger partial charge in [0.1, 0.15) is 6.04 Å². The minimum atomic E-state index is -4.36. The van der Waals surface area contributed by atoms with Gasteiger partial charge in [-0.05, 0) is 23.0 Å². The first-order valence-corrected chi connectivity index (χ1v) is 9.56. The van der Waals surface area contributed by atoms with Crippen molar-refractivity contribution in [2.75, 3.05) is 32.7 Å². The van der Waals surface area contributed by atoms with Crippen LogP contribution in [0.25, 0.3) is 0 Å². The molecule has 1 heterocycles. The highest BCUT2D eigenvalue weighted by Gasteiger charge is 2.43. The van der Waals surface area contributed by atoms with E-state index in [4.69, 9.17) is 0 Å². The molecule has 1 aromatic rings. The van der Waals surface area contributed by atoms with Crippen LogP contribution in [0.2, 0.25) is 0 Å². The second kappa shape index (κ2) is 11.0. The number of amides is 1. The lowest BCUT2D eigenvalue weighted by Gasteiger charge is -2.36. The summed E-state index contributed by atoms with van der Waals surface area (Å²) in [5, 5.41) is 5.54. The molecular weight excluding hydrogens is 391 g/mol. The van der Waals surface area contributed by atoms with E-state index in [1.807, 2.05) is 31.2 Å². The van der Waals surface area contributed by atoms with Crippen molar-refractivity contribution >= 4 is 18.3 Å². The molecule has 4 nitrogen and oxygen atoms in total. The molecule has 1 saturated heterocycles. The van der Waals surface area contributed by atoms with E-state index in [2.05, 4.69) is 24.5 Å². The molecular formula is C20H31ClF3N3O. The lowest BCUT2D eigenvalue weighted by Crippen LogP contribution is -2.57. The number of alkyl halides is 3. The lowest BCUT2D eigenvalue weighted by atomic mass is 9.94. The third kappa shape index (κ3) is 7.26. The lowest BCUT2D eigenvalue weighted by molar-refractivity contribution is -0.184. The first-order chi connectivity index (χ1) is 12.7. The number of carbonyl (C=O) groups excluding carboxylic acids is 1. The van der Waals surface area contributed by atoms with Gasteiger partial charge in [-0.3, -0.25) is 9.69 Å². The number of halogens is 4. The fourth-order valence-electron chi connectivity index (χ4n) is 3.33. The molecule has 0 bridgehead atoms. The molecule has 2 N–H and O–H groups in total. The molecule has 1 aliphatic rings. The quantitative estimate of drug-likeness (QED) is 0.706. The number of hydrogen-bond acceptors (Lipinski definition) is 3. The van der Waals surface area contributed by atoms with Crippen LogP contribution in [0.15, 0.2) is 24.3 Å². The molecule has 0 aliphatic carbocycles. The number of hydrogen-bond donors (Lipinski definition) is 2. The van der Waals surface area contributed by atoms with Crippen LogP contribution in [0.4, 0.5) is 13.2 Å². The van der Waals surface area contributed by atoms with Crippen molar-refractivity contribution in [2.24, 2.45) is 0 Å². The van der Waals surface area contributed by atoms with Gasteiger partial charge in [0.05, 0.1) is 0 Å². The molecule has 0 radical (unpaired) electrons. The minimum absolute atomic E-state index is 0. The van der Waals surface area contributed by atoms with E-state index in [1.165, 1.54) is 10.5 Å². The largest absolute Gasteiger partial charge is 0.405 e. The molecule has 1 fully saturated rings. The van der Waals surface area contributed by atoms with E-state index >= 15 is 0 Å². The average molecular weight is 422 g/mol. The molecule has 2 atom stereocenters. The molecule has 0 aromatic heterocycles. The fraction of sp³-hybridized carbons (Fsp3) is 0.650. The molecule has 2 rings (SSSR count). The monoisotopic (exact) mass is 421 g/mol. The van der Waals surface area contributed by atoms with Crippen LogP contribution < -0.4 is 10.6 Å². The molecule has 0 spiro atoms. The Morgan fingerprint density at radius 1 is 1.11 bits per heavy atom. The van der Waals surface area contributed by atoms with E-state index in [-0.39, 0.29) is 30.7 Å². The van der Waals surface area contributed by atoms with Crippen molar-refractivity contribution in [3.63, 3.8) is 0 Å². The molecule has 1 aliphatic heterocycles. The molecule has 1 aromatic carbocycles. The van der Waals surface area contributed by atoms with Crippen molar-refractivity contribution in [1.29, 1.82) is 0 Å². The maximum Gasteiger partial charge on any atom is 0.405 e. The van der Waals surface area contributed by atoms with Crippen molar-refractivity contribution < 1.29 is 18.0 Å². The second-order valence-electron chi connectivity index (χ2n) is 7.57. The summed E-state index contributed by atoms with van der Waals surface area (Å²) in [5.41, 5.74) is 2.24. The van der Waals surface area contributed by atoms with Crippen LogP contribution in [-0.2, 0) is 4.79 Å². The summed E-state index contributed by atoms with van der Waals surface area (Å²) in [7, 11) is 0. The first kappa shape index (κ1) is 24.7. The minimum Gasteiger partial charge on any atom is -0.354 e. The van der Waals surface area contributed by atoms with Gasteiger partial charge in [0, 0.05) is 39.1 Å². The zero-order chi connectivity index (χ0) is 20.0. The van der Waals surface area contributed by atoms with Crippen molar-refractivity contribution in [2.45, 2.75) is 51.2 Å². The summed E-state index contributed by atoms with van der Waals surface area (Å²) in [5.74, 6) is 0.0384. The molecule has 2 unspecified atom stereocenters. The molecule has 1 amide bonds. The number of rotatable bonds is 7. The number of nitrogens with one attached hydrogen (secondary N) is 2. The predicted molar refractivity (Wildman–Crippen MR) is 108 cm³/mol. The number of piperazine rings is 1. The van der Waals surface area contributed by atoms with Gasteiger partial charge in [0.2, 0.25) is 5.91 Å². The number of carbonyl (C=O) groups is 1. The van der Waals surface area contributed by atoms with Gasteiger partial charge in [0.15, 0.2) is 0 Å². The Balaban J connectivity index is 0.00000392. The van der Waals surface area contributed by atoms with E-state index < -0.39 is 18.8 Å². The standard InChI is InChI=1S/C20H30F3N3O.ClH/c1-14(2)16-4-6-17(7-5-16)15(3)12-19(27)25-13-18(20(21,22)23)26-10-8-24-9-11-26;/h4-7,14-15,18,24H,8-13H2,1-3H3,(H,25,27);1H. The van der Waals surface area contributed by atoms with Gasteiger partial charge in [-0.2, -0.15) is 13.2 Å². The fourth-order valence-corrected chi connectivity index (χ4v) is 3.33. The summed E-state index contributed by atoms with van der Waals surface area (Å²) < 4.78 is 40.1. The van der Waals surface area contributed by atoms with E-state index in [0.29, 0.717) is 32.1 Å². The van der Waals surface area contributed by atoms with Crippen molar-refractivity contribution in [3.8, 4) is 0 Å². The van der Waals surface area contributed by atoms with Gasteiger partial charge in [-0.25, -0.2) is 0 Å². The Kier molecular flexibility index (Phi) is 9.74. The first-order valence-electron chi connectivity index (χ1n) is 9.56. The topological polar surface area (TPSA) is 44.4 Å². The molecule has 160 valence electrons. The SMILES string of the molecule is CC(C)c1ccc(C(C)CC(=O)NCC(N2CCNCC2)C(F)(F)F)cc1.Cl. The summed E-state index contributed by atoms with van der Waals surface area (Å²) in [6.45, 7) is 7.47. The number of benzene rings is 1. The maximum atomic E-state index is 13.4. The Morgan fingerprint density at radius 3 is 2.14 bits per heavy atom. The van der Waals surface area contributed by atoms with Crippen LogP contribution in [0.1, 0.15) is 50.2 Å². The second-order valence-corrected chi connectivity index (χ2v) is 7.57. The van der Waals surface area contributed by atoms with Crippen LogP contribution in [0.3, 0.4) is 0 Å². The molecule has 8 heteroatoms. The van der Waals surface area contributed by atoms with Crippen LogP contribution >= 0.6 is 12.4 Å². The maximum absolute atomic E-state index is 13.4. The van der Waals surface area contributed by atoms with E-state index in [9.17, 15) is 18.0 Å². The third-order valence-electron chi connectivity index (χ3n) is 5.13. The van der Waals surface area contributed by atoms with Gasteiger partial charge >= 0.3 is 6.18 Å². The zero-order valence-electron chi connectivity index (χ0n) is 16.7. The van der Waals surface area contributed by atoms with Crippen LogP contribution in [0, 0.1) is 0 Å². The van der Waals surface area contributed by atoms with Crippen LogP contribution in [-0.4, -0.2) is 55.7 Å². The summed E-state index contributed by atoms with van der Waals surface area (Å²) >= 11 is 0. The highest BCUT2D eigenvalue weighted by Crippen LogP contribution is 2.25. The summed E-state index contributed by atoms with van der Waals surface area (Å²) in [6, 6.07) is 6.43. The van der Waals surface area contributed by atoms with E-state index in [1.54, 1.807) is 0 Å². The normalized spacial score (nSPS) is 17.7. The Labute approximate surface area is 171 Å². The number of nitrogens with zero attached hydrogens (tertiary/aromatic N) is 1. The highest BCUT2D eigenvalue weighted by molar-refractivity contribution is 5.85. The van der Waals surface area contributed by atoms with Gasteiger partial charge in [-0.1, -0.05) is 45.0 Å². The smallest absolute Gasteiger partial charge is 0.354 e. The molecule has 0 saturated carbocycles. The summed E-state index contributed by atoms with van der Waals surface area (Å²) in [4.78, 5) is 13.6. The predicted octanol–water partition coefficient (Wildman–Crippen LogP) is 3.68.